The summed E-state index contributed by atoms with van der Waals surface area (Å²) in [5, 5.41) is 7.52. The zero-order valence-corrected chi connectivity index (χ0v) is 5.83. The number of nitrogen functional groups attached to an aromatic ring is 1. The van der Waals surface area contributed by atoms with Crippen molar-refractivity contribution in [2.75, 3.05) is 5.73 Å². The molecule has 4 heteroatoms. The molecule has 0 atom stereocenters. The molecule has 0 saturated heterocycles. The number of H-pyrrole nitrogens is 1. The summed E-state index contributed by atoms with van der Waals surface area (Å²) >= 11 is 0. The number of aromatic amines is 1. The Labute approximate surface area is 65.0 Å². The number of anilines is 1. The monoisotopic (exact) mass is 143 g/mol. The van der Waals surface area contributed by atoms with Crippen molar-refractivity contribution < 1.29 is 0 Å². The van der Waals surface area contributed by atoms with Gasteiger partial charge in [-0.3, -0.25) is 5.10 Å². The number of hydrogen-bond acceptors (Lipinski definition) is 2. The summed E-state index contributed by atoms with van der Waals surface area (Å²) < 4.78 is 0. The molecular weight excluding hydrogens is 137 g/mol. The van der Waals surface area contributed by atoms with Crippen LogP contribution in [0.15, 0.2) is 18.2 Å². The lowest BCUT2D eigenvalue weighted by atomic mass is 9.95. The zero-order chi connectivity index (χ0) is 7.84. The molecule has 3 N–H and O–H groups in total. The summed E-state index contributed by atoms with van der Waals surface area (Å²) in [5.41, 5.74) is 7.13. The van der Waals surface area contributed by atoms with Crippen molar-refractivity contribution in [1.82, 2.24) is 10.2 Å². The Morgan fingerprint density at radius 3 is 3.09 bits per heavy atom. The molecule has 3 nitrogen and oxygen atoms in total. The number of fused-ring (bicyclic) bond motifs is 1. The molecule has 11 heavy (non-hydrogen) atoms. The second kappa shape index (κ2) is 2.02. The molecule has 1 aromatic heterocycles. The highest BCUT2D eigenvalue weighted by Crippen LogP contribution is 2.14. The van der Waals surface area contributed by atoms with Gasteiger partial charge in [-0.05, 0) is 12.1 Å². The predicted octanol–water partition coefficient (Wildman–Crippen LogP) is -0.0611. The number of benzene rings is 1. The van der Waals surface area contributed by atoms with E-state index in [-0.39, 0.29) is 0 Å². The van der Waals surface area contributed by atoms with Crippen molar-refractivity contribution in [3.05, 3.63) is 18.2 Å². The van der Waals surface area contributed by atoms with Crippen molar-refractivity contribution >= 4 is 30.0 Å². The van der Waals surface area contributed by atoms with Gasteiger partial charge in [0.05, 0.1) is 5.52 Å². The third kappa shape index (κ3) is 0.870. The van der Waals surface area contributed by atoms with Crippen LogP contribution in [0.5, 0.6) is 0 Å². The Morgan fingerprint density at radius 1 is 1.45 bits per heavy atom. The molecule has 0 spiro atoms. The van der Waals surface area contributed by atoms with E-state index < -0.39 is 0 Å². The molecular formula is C7H6BN3. The molecule has 0 bridgehead atoms. The Kier molecular flexibility index (Phi) is 1.15. The molecule has 0 fully saturated rings. The van der Waals surface area contributed by atoms with Gasteiger partial charge in [0, 0.05) is 5.39 Å². The Balaban J connectivity index is 2.86. The van der Waals surface area contributed by atoms with Crippen LogP contribution in [0.25, 0.3) is 10.9 Å². The first-order valence-electron chi connectivity index (χ1n) is 3.26. The van der Waals surface area contributed by atoms with E-state index in [9.17, 15) is 0 Å². The number of nitrogens with one attached hydrogen (secondary N) is 1. The summed E-state index contributed by atoms with van der Waals surface area (Å²) in [7, 11) is 5.54. The van der Waals surface area contributed by atoms with Gasteiger partial charge in [0.1, 0.15) is 7.85 Å². The standard InChI is InChI=1S/C7H6BN3/c8-4-1-2-5-6(3-4)10-11-7(5)9/h1-3H,(H3,9,10,11). The van der Waals surface area contributed by atoms with Crippen molar-refractivity contribution in [2.24, 2.45) is 0 Å². The molecule has 2 aromatic rings. The van der Waals surface area contributed by atoms with Crippen LogP contribution in [-0.2, 0) is 0 Å². The summed E-state index contributed by atoms with van der Waals surface area (Å²) in [6.45, 7) is 0. The van der Waals surface area contributed by atoms with Gasteiger partial charge in [-0.25, -0.2) is 0 Å². The smallest absolute Gasteiger partial charge is 0.153 e. The molecule has 2 radical (unpaired) electrons. The Morgan fingerprint density at radius 2 is 2.27 bits per heavy atom. The van der Waals surface area contributed by atoms with E-state index in [1.54, 1.807) is 12.1 Å². The highest BCUT2D eigenvalue weighted by Gasteiger charge is 1.99. The van der Waals surface area contributed by atoms with Crippen LogP contribution >= 0.6 is 0 Å². The van der Waals surface area contributed by atoms with Crippen molar-refractivity contribution in [1.29, 1.82) is 0 Å². The van der Waals surface area contributed by atoms with Gasteiger partial charge in [0.15, 0.2) is 5.82 Å². The summed E-state index contributed by atoms with van der Waals surface area (Å²) in [6, 6.07) is 5.45. The van der Waals surface area contributed by atoms with Gasteiger partial charge in [-0.1, -0.05) is 11.5 Å². The SMILES string of the molecule is [B]c1ccc2c(N)n[nH]c2c1. The lowest BCUT2D eigenvalue weighted by molar-refractivity contribution is 1.13. The molecule has 0 saturated carbocycles. The molecule has 2 rings (SSSR count). The average Bonchev–Trinajstić information content (AvgIpc) is 2.32. The van der Waals surface area contributed by atoms with Gasteiger partial charge < -0.3 is 5.73 Å². The average molecular weight is 143 g/mol. The van der Waals surface area contributed by atoms with Gasteiger partial charge in [0.25, 0.3) is 0 Å². The van der Waals surface area contributed by atoms with Crippen molar-refractivity contribution in [3.8, 4) is 0 Å². The maximum absolute atomic E-state index is 5.54. The fourth-order valence-electron chi connectivity index (χ4n) is 1.06. The van der Waals surface area contributed by atoms with Gasteiger partial charge in [-0.15, -0.1) is 0 Å². The summed E-state index contributed by atoms with van der Waals surface area (Å²) in [5.74, 6) is 0.514. The fraction of sp³-hybridized carbons (Fsp3) is 0. The lowest BCUT2D eigenvalue weighted by Gasteiger charge is -1.91. The fourth-order valence-corrected chi connectivity index (χ4v) is 1.06. The van der Waals surface area contributed by atoms with E-state index in [2.05, 4.69) is 10.2 Å². The molecule has 0 aliphatic heterocycles. The third-order valence-electron chi connectivity index (χ3n) is 1.62. The second-order valence-corrected chi connectivity index (χ2v) is 2.41. The predicted molar refractivity (Wildman–Crippen MR) is 45.9 cm³/mol. The third-order valence-corrected chi connectivity index (χ3v) is 1.62. The maximum atomic E-state index is 5.54. The molecule has 0 aliphatic carbocycles. The van der Waals surface area contributed by atoms with Crippen molar-refractivity contribution in [2.45, 2.75) is 0 Å². The largest absolute Gasteiger partial charge is 0.382 e. The topological polar surface area (TPSA) is 54.7 Å². The Bertz CT molecular complexity index is 393. The highest BCUT2D eigenvalue weighted by molar-refractivity contribution is 6.33. The molecule has 0 aliphatic rings. The minimum absolute atomic E-state index is 0.514. The highest BCUT2D eigenvalue weighted by atomic mass is 15.1. The Hall–Kier alpha value is -1.45. The first-order valence-corrected chi connectivity index (χ1v) is 3.26. The van der Waals surface area contributed by atoms with Crippen LogP contribution in [0.3, 0.4) is 0 Å². The zero-order valence-electron chi connectivity index (χ0n) is 5.83. The molecule has 0 unspecified atom stereocenters. The number of rotatable bonds is 0. The van der Waals surface area contributed by atoms with Crippen LogP contribution in [0, 0.1) is 0 Å². The quantitative estimate of drug-likeness (QED) is 0.507. The first kappa shape index (κ1) is 6.28. The van der Waals surface area contributed by atoms with Crippen LogP contribution in [-0.4, -0.2) is 18.0 Å². The lowest BCUT2D eigenvalue weighted by Crippen LogP contribution is -1.99. The van der Waals surface area contributed by atoms with E-state index in [0.717, 1.165) is 10.9 Å². The van der Waals surface area contributed by atoms with Crippen LogP contribution in [0.2, 0.25) is 0 Å². The minimum Gasteiger partial charge on any atom is -0.382 e. The minimum atomic E-state index is 0.514. The number of hydrogen-bond donors (Lipinski definition) is 2. The normalized spacial score (nSPS) is 10.5. The molecule has 1 aromatic carbocycles. The van der Waals surface area contributed by atoms with Crippen LogP contribution < -0.4 is 11.2 Å². The van der Waals surface area contributed by atoms with E-state index in [4.69, 9.17) is 13.6 Å². The number of nitrogens with two attached hydrogens (primary N) is 1. The first-order chi connectivity index (χ1) is 5.27. The van der Waals surface area contributed by atoms with E-state index in [1.807, 2.05) is 6.07 Å². The van der Waals surface area contributed by atoms with Crippen LogP contribution in [0.4, 0.5) is 5.82 Å². The number of nitrogens with zero attached hydrogens (tertiary/aromatic N) is 1. The summed E-state index contributed by atoms with van der Waals surface area (Å²) in [4.78, 5) is 0. The maximum Gasteiger partial charge on any atom is 0.153 e. The van der Waals surface area contributed by atoms with Gasteiger partial charge >= 0.3 is 0 Å². The van der Waals surface area contributed by atoms with E-state index in [1.165, 1.54) is 0 Å². The molecule has 52 valence electrons. The van der Waals surface area contributed by atoms with E-state index in [0.29, 0.717) is 11.3 Å². The second-order valence-electron chi connectivity index (χ2n) is 2.41. The van der Waals surface area contributed by atoms with Crippen LogP contribution in [0.1, 0.15) is 0 Å². The van der Waals surface area contributed by atoms with Crippen molar-refractivity contribution in [3.63, 3.8) is 0 Å². The van der Waals surface area contributed by atoms with E-state index >= 15 is 0 Å². The molecule has 1 heterocycles. The molecule has 0 amide bonds. The van der Waals surface area contributed by atoms with Gasteiger partial charge in [0.2, 0.25) is 0 Å². The van der Waals surface area contributed by atoms with Gasteiger partial charge in [-0.2, -0.15) is 5.10 Å². The number of aromatic nitrogens is 2. The summed E-state index contributed by atoms with van der Waals surface area (Å²) in [6.07, 6.45) is 0.